The fraction of sp³-hybridized carbons (Fsp3) is 0. The molecule has 9 nitrogen and oxygen atoms in total. The standard InChI is InChI=1S/C16H10N4O5S/c1-17-9-3-2-4-10(7-9)19-20-14-15(21)12-8-11(26(23,24)25)5-6-13(12)18-16(14)22/h2-8H,(H2,18,21,22)(H,23,24,25). The lowest BCUT2D eigenvalue weighted by atomic mass is 10.2. The minimum absolute atomic E-state index is 0.0245. The molecule has 0 amide bonds. The first-order valence-corrected chi connectivity index (χ1v) is 8.49. The van der Waals surface area contributed by atoms with E-state index in [9.17, 15) is 18.3 Å². The van der Waals surface area contributed by atoms with Crippen LogP contribution in [0.2, 0.25) is 0 Å². The van der Waals surface area contributed by atoms with E-state index in [4.69, 9.17) is 11.1 Å². The van der Waals surface area contributed by atoms with Gasteiger partial charge in [0.2, 0.25) is 0 Å². The molecule has 3 rings (SSSR count). The highest BCUT2D eigenvalue weighted by Crippen LogP contribution is 2.33. The van der Waals surface area contributed by atoms with E-state index < -0.39 is 32.0 Å². The van der Waals surface area contributed by atoms with Crippen LogP contribution in [0.5, 0.6) is 5.75 Å². The Morgan fingerprint density at radius 2 is 1.88 bits per heavy atom. The molecular weight excluding hydrogens is 360 g/mol. The van der Waals surface area contributed by atoms with Crippen molar-refractivity contribution in [2.75, 3.05) is 0 Å². The Morgan fingerprint density at radius 3 is 2.58 bits per heavy atom. The van der Waals surface area contributed by atoms with Gasteiger partial charge in [-0.15, -0.1) is 5.11 Å². The van der Waals surface area contributed by atoms with Gasteiger partial charge in [0.05, 0.1) is 22.7 Å². The first kappa shape index (κ1) is 17.3. The molecule has 0 aliphatic carbocycles. The van der Waals surface area contributed by atoms with E-state index in [1.54, 1.807) is 18.2 Å². The van der Waals surface area contributed by atoms with Crippen LogP contribution < -0.4 is 5.56 Å². The zero-order chi connectivity index (χ0) is 18.9. The second-order valence-corrected chi connectivity index (χ2v) is 6.59. The number of H-pyrrole nitrogens is 1. The molecular formula is C16H10N4O5S. The molecule has 1 heterocycles. The molecule has 26 heavy (non-hydrogen) atoms. The summed E-state index contributed by atoms with van der Waals surface area (Å²) in [5.41, 5.74) is -0.383. The van der Waals surface area contributed by atoms with Crippen molar-refractivity contribution < 1.29 is 18.1 Å². The van der Waals surface area contributed by atoms with E-state index >= 15 is 0 Å². The molecule has 0 fully saturated rings. The predicted molar refractivity (Wildman–Crippen MR) is 92.9 cm³/mol. The molecule has 0 unspecified atom stereocenters. The predicted octanol–water partition coefficient (Wildman–Crippen LogP) is 3.45. The van der Waals surface area contributed by atoms with Crippen LogP contribution >= 0.6 is 0 Å². The minimum atomic E-state index is -4.48. The van der Waals surface area contributed by atoms with Crippen molar-refractivity contribution in [1.82, 2.24) is 4.98 Å². The number of aromatic amines is 1. The molecule has 2 aromatic carbocycles. The van der Waals surface area contributed by atoms with E-state index in [1.807, 2.05) is 0 Å². The molecule has 0 radical (unpaired) electrons. The van der Waals surface area contributed by atoms with E-state index in [-0.39, 0.29) is 10.9 Å². The van der Waals surface area contributed by atoms with Crippen molar-refractivity contribution in [2.45, 2.75) is 4.90 Å². The summed E-state index contributed by atoms with van der Waals surface area (Å²) in [6.07, 6.45) is 0. The molecule has 130 valence electrons. The molecule has 3 aromatic rings. The average molecular weight is 370 g/mol. The summed E-state index contributed by atoms with van der Waals surface area (Å²) in [5, 5.41) is 17.8. The number of hydrogen-bond donors (Lipinski definition) is 3. The number of aromatic hydroxyl groups is 1. The number of rotatable bonds is 3. The van der Waals surface area contributed by atoms with Gasteiger partial charge in [0, 0.05) is 5.39 Å². The van der Waals surface area contributed by atoms with Crippen LogP contribution in [0.3, 0.4) is 0 Å². The fourth-order valence-corrected chi connectivity index (χ4v) is 2.74. The summed E-state index contributed by atoms with van der Waals surface area (Å²) in [7, 11) is -4.48. The lowest BCUT2D eigenvalue weighted by Crippen LogP contribution is -2.06. The summed E-state index contributed by atoms with van der Waals surface area (Å²) in [4.78, 5) is 17.3. The smallest absolute Gasteiger partial charge is 0.294 e. The van der Waals surface area contributed by atoms with Crippen LogP contribution in [0.15, 0.2) is 62.4 Å². The van der Waals surface area contributed by atoms with E-state index in [0.717, 1.165) is 12.1 Å². The monoisotopic (exact) mass is 370 g/mol. The summed E-state index contributed by atoms with van der Waals surface area (Å²) in [6.45, 7) is 6.95. The third-order valence-electron chi connectivity index (χ3n) is 3.46. The Bertz CT molecular complexity index is 1260. The van der Waals surface area contributed by atoms with Gasteiger partial charge in [-0.05, 0) is 30.3 Å². The first-order chi connectivity index (χ1) is 12.3. The highest BCUT2D eigenvalue weighted by molar-refractivity contribution is 7.85. The van der Waals surface area contributed by atoms with Gasteiger partial charge in [-0.25, -0.2) is 4.85 Å². The number of benzene rings is 2. The second kappa shape index (κ2) is 6.40. The van der Waals surface area contributed by atoms with Crippen molar-refractivity contribution in [3.8, 4) is 5.75 Å². The highest BCUT2D eigenvalue weighted by atomic mass is 32.2. The van der Waals surface area contributed by atoms with Crippen LogP contribution in [0, 0.1) is 6.57 Å². The molecule has 0 spiro atoms. The molecule has 0 aliphatic heterocycles. The van der Waals surface area contributed by atoms with Gasteiger partial charge < -0.3 is 10.1 Å². The Balaban J connectivity index is 2.15. The topological polar surface area (TPSA) is 137 Å². The summed E-state index contributed by atoms with van der Waals surface area (Å²) in [6, 6.07) is 9.49. The van der Waals surface area contributed by atoms with Crippen molar-refractivity contribution in [3.63, 3.8) is 0 Å². The minimum Gasteiger partial charge on any atom is -0.505 e. The van der Waals surface area contributed by atoms with Gasteiger partial charge in [0.15, 0.2) is 17.1 Å². The molecule has 0 aliphatic rings. The zero-order valence-electron chi connectivity index (χ0n) is 12.9. The third kappa shape index (κ3) is 3.30. The third-order valence-corrected chi connectivity index (χ3v) is 4.31. The lowest BCUT2D eigenvalue weighted by molar-refractivity contribution is 0.480. The van der Waals surface area contributed by atoms with Gasteiger partial charge in [-0.3, -0.25) is 9.35 Å². The van der Waals surface area contributed by atoms with E-state index in [2.05, 4.69) is 20.1 Å². The Kier molecular flexibility index (Phi) is 4.25. The molecule has 1 aromatic heterocycles. The SMILES string of the molecule is [C-]#[N+]c1cccc(N=Nc2c(O)c3cc(S(=O)(=O)O)ccc3[nH]c2=O)c1. The first-order valence-electron chi connectivity index (χ1n) is 7.05. The maximum Gasteiger partial charge on any atom is 0.294 e. The fourth-order valence-electron chi connectivity index (χ4n) is 2.23. The van der Waals surface area contributed by atoms with Crippen molar-refractivity contribution in [1.29, 1.82) is 0 Å². The van der Waals surface area contributed by atoms with Gasteiger partial charge in [0.25, 0.3) is 15.7 Å². The Morgan fingerprint density at radius 1 is 1.12 bits per heavy atom. The maximum absolute atomic E-state index is 12.1. The lowest BCUT2D eigenvalue weighted by Gasteiger charge is -2.05. The second-order valence-electron chi connectivity index (χ2n) is 5.17. The van der Waals surface area contributed by atoms with Gasteiger partial charge in [-0.1, -0.05) is 12.1 Å². The molecule has 0 bridgehead atoms. The number of azo groups is 1. The van der Waals surface area contributed by atoms with Crippen LogP contribution in [-0.4, -0.2) is 23.1 Å². The maximum atomic E-state index is 12.1. The molecule has 0 atom stereocenters. The van der Waals surface area contributed by atoms with Crippen LogP contribution in [0.25, 0.3) is 15.7 Å². The van der Waals surface area contributed by atoms with Crippen molar-refractivity contribution in [3.05, 3.63) is 64.2 Å². The van der Waals surface area contributed by atoms with Gasteiger partial charge in [0.1, 0.15) is 0 Å². The largest absolute Gasteiger partial charge is 0.505 e. The number of nitrogens with one attached hydrogen (secondary N) is 1. The summed E-state index contributed by atoms with van der Waals surface area (Å²) < 4.78 is 31.6. The van der Waals surface area contributed by atoms with E-state index in [0.29, 0.717) is 11.4 Å². The highest BCUT2D eigenvalue weighted by Gasteiger charge is 2.16. The summed E-state index contributed by atoms with van der Waals surface area (Å²) >= 11 is 0. The molecule has 0 saturated carbocycles. The number of pyridine rings is 1. The summed E-state index contributed by atoms with van der Waals surface area (Å²) in [5.74, 6) is -0.584. The van der Waals surface area contributed by atoms with Crippen LogP contribution in [0.4, 0.5) is 17.1 Å². The normalized spacial score (nSPS) is 11.7. The number of nitrogens with zero attached hydrogens (tertiary/aromatic N) is 3. The van der Waals surface area contributed by atoms with Crippen molar-refractivity contribution >= 4 is 38.1 Å². The Hall–Kier alpha value is -3.55. The Labute approximate surface area is 146 Å². The number of aromatic nitrogens is 1. The average Bonchev–Trinajstić information content (AvgIpc) is 2.60. The van der Waals surface area contributed by atoms with Crippen LogP contribution in [-0.2, 0) is 10.1 Å². The molecule has 10 heteroatoms. The molecule has 0 saturated heterocycles. The van der Waals surface area contributed by atoms with E-state index in [1.165, 1.54) is 12.1 Å². The van der Waals surface area contributed by atoms with Crippen molar-refractivity contribution in [2.24, 2.45) is 10.2 Å². The number of hydrogen-bond acceptors (Lipinski definition) is 6. The number of fused-ring (bicyclic) bond motifs is 1. The quantitative estimate of drug-likeness (QED) is 0.368. The van der Waals surface area contributed by atoms with Gasteiger partial charge >= 0.3 is 0 Å². The van der Waals surface area contributed by atoms with Crippen LogP contribution in [0.1, 0.15) is 0 Å². The molecule has 3 N–H and O–H groups in total. The van der Waals surface area contributed by atoms with Gasteiger partial charge in [-0.2, -0.15) is 13.5 Å². The zero-order valence-corrected chi connectivity index (χ0v) is 13.7.